The van der Waals surface area contributed by atoms with E-state index >= 15 is 0 Å². The fourth-order valence-electron chi connectivity index (χ4n) is 1.65. The van der Waals surface area contributed by atoms with Gasteiger partial charge >= 0.3 is 6.61 Å². The summed E-state index contributed by atoms with van der Waals surface area (Å²) in [5, 5.41) is 5.82. The molecule has 0 amide bonds. The Labute approximate surface area is 140 Å². The van der Waals surface area contributed by atoms with Crippen molar-refractivity contribution >= 4 is 29.9 Å². The summed E-state index contributed by atoms with van der Waals surface area (Å²) in [5.41, 5.74) is 0.563. The molecule has 0 radical (unpaired) electrons. The van der Waals surface area contributed by atoms with Crippen molar-refractivity contribution in [2.45, 2.75) is 20.1 Å². The molecular formula is C13H20F2IN3O2. The zero-order chi connectivity index (χ0) is 15.0. The topological polar surface area (TPSA) is 54.9 Å². The summed E-state index contributed by atoms with van der Waals surface area (Å²) >= 11 is 0. The van der Waals surface area contributed by atoms with E-state index in [0.29, 0.717) is 23.9 Å². The molecule has 0 atom stereocenters. The number of nitrogens with zero attached hydrogens (tertiary/aromatic N) is 1. The second-order valence-electron chi connectivity index (χ2n) is 3.73. The number of alkyl halides is 2. The molecule has 21 heavy (non-hydrogen) atoms. The Morgan fingerprint density at radius 2 is 2.10 bits per heavy atom. The summed E-state index contributed by atoms with van der Waals surface area (Å²) in [6, 6.07) is 5.01. The average molecular weight is 415 g/mol. The number of rotatable bonds is 6. The molecule has 0 heterocycles. The van der Waals surface area contributed by atoms with Gasteiger partial charge in [0.25, 0.3) is 0 Å². The van der Waals surface area contributed by atoms with Gasteiger partial charge in [-0.15, -0.1) is 24.0 Å². The van der Waals surface area contributed by atoms with Crippen molar-refractivity contribution < 1.29 is 18.3 Å². The second-order valence-corrected chi connectivity index (χ2v) is 3.73. The molecule has 5 nitrogen and oxygen atoms in total. The highest BCUT2D eigenvalue weighted by atomic mass is 127. The van der Waals surface area contributed by atoms with Crippen LogP contribution in [0.4, 0.5) is 8.78 Å². The molecule has 0 fully saturated rings. The highest BCUT2D eigenvalue weighted by molar-refractivity contribution is 14.0. The molecule has 0 spiro atoms. The van der Waals surface area contributed by atoms with Crippen LogP contribution in [0.25, 0.3) is 0 Å². The molecule has 0 aliphatic heterocycles. The highest BCUT2D eigenvalue weighted by Crippen LogP contribution is 2.32. The number of ether oxygens (including phenoxy) is 2. The quantitative estimate of drug-likeness (QED) is 0.426. The summed E-state index contributed by atoms with van der Waals surface area (Å²) in [7, 11) is 3.33. The van der Waals surface area contributed by atoms with Gasteiger partial charge in [-0.1, -0.05) is 12.1 Å². The first-order valence-corrected chi connectivity index (χ1v) is 6.20. The maximum Gasteiger partial charge on any atom is 0.387 e. The SMILES string of the molecule is CCOc1cccc(CNC(=NC)NC)c1OC(F)F.I. The van der Waals surface area contributed by atoms with Gasteiger partial charge in [0.15, 0.2) is 17.5 Å². The zero-order valence-corrected chi connectivity index (χ0v) is 14.5. The van der Waals surface area contributed by atoms with Gasteiger partial charge < -0.3 is 20.1 Å². The molecule has 0 saturated heterocycles. The molecule has 0 aliphatic carbocycles. The number of halogens is 3. The zero-order valence-electron chi connectivity index (χ0n) is 12.2. The molecule has 1 aromatic rings. The Hall–Kier alpha value is -1.32. The Morgan fingerprint density at radius 3 is 2.62 bits per heavy atom. The number of hydrogen-bond acceptors (Lipinski definition) is 3. The van der Waals surface area contributed by atoms with Crippen molar-refractivity contribution in [3.63, 3.8) is 0 Å². The van der Waals surface area contributed by atoms with Crippen LogP contribution in [0, 0.1) is 0 Å². The first kappa shape index (κ1) is 19.7. The molecule has 8 heteroatoms. The van der Waals surface area contributed by atoms with E-state index < -0.39 is 6.61 Å². The molecule has 1 rings (SSSR count). The van der Waals surface area contributed by atoms with Gasteiger partial charge in [0.05, 0.1) is 6.61 Å². The minimum atomic E-state index is -2.90. The molecule has 0 aromatic heterocycles. The van der Waals surface area contributed by atoms with Crippen LogP contribution >= 0.6 is 24.0 Å². The monoisotopic (exact) mass is 415 g/mol. The predicted octanol–water partition coefficient (Wildman–Crippen LogP) is 2.60. The molecule has 2 N–H and O–H groups in total. The largest absolute Gasteiger partial charge is 0.490 e. The molecule has 1 aromatic carbocycles. The van der Waals surface area contributed by atoms with E-state index in [2.05, 4.69) is 20.4 Å². The number of benzene rings is 1. The standard InChI is InChI=1S/C13H19F2N3O2.HI/c1-4-19-10-7-5-6-9(11(10)20-12(14)15)8-18-13(16-2)17-3;/h5-7,12H,4,8H2,1-3H3,(H2,16,17,18);1H. The van der Waals surface area contributed by atoms with Gasteiger partial charge in [0.2, 0.25) is 0 Å². The fourth-order valence-corrected chi connectivity index (χ4v) is 1.65. The van der Waals surface area contributed by atoms with Crippen molar-refractivity contribution in [1.29, 1.82) is 0 Å². The van der Waals surface area contributed by atoms with Crippen LogP contribution in [0.15, 0.2) is 23.2 Å². The first-order chi connectivity index (χ1) is 9.62. The summed E-state index contributed by atoms with van der Waals surface area (Å²) in [4.78, 5) is 3.95. The van der Waals surface area contributed by atoms with Crippen LogP contribution in [0.5, 0.6) is 11.5 Å². The van der Waals surface area contributed by atoms with Crippen LogP contribution in [0.1, 0.15) is 12.5 Å². The lowest BCUT2D eigenvalue weighted by Crippen LogP contribution is -2.34. The maximum atomic E-state index is 12.5. The Morgan fingerprint density at radius 1 is 1.38 bits per heavy atom. The van der Waals surface area contributed by atoms with Crippen LogP contribution in [-0.2, 0) is 6.54 Å². The number of aliphatic imine (C=N–C) groups is 1. The number of para-hydroxylation sites is 1. The average Bonchev–Trinajstić information content (AvgIpc) is 2.42. The van der Waals surface area contributed by atoms with Gasteiger partial charge in [0, 0.05) is 26.2 Å². The lowest BCUT2D eigenvalue weighted by molar-refractivity contribution is -0.0520. The van der Waals surface area contributed by atoms with Gasteiger partial charge in [-0.25, -0.2) is 0 Å². The number of nitrogens with one attached hydrogen (secondary N) is 2. The van der Waals surface area contributed by atoms with Crippen molar-refractivity contribution in [2.24, 2.45) is 4.99 Å². The molecular weight excluding hydrogens is 395 g/mol. The minimum absolute atomic E-state index is 0. The molecule has 0 saturated carbocycles. The summed E-state index contributed by atoms with van der Waals surface area (Å²) in [6.45, 7) is -0.468. The third-order valence-corrected chi connectivity index (χ3v) is 2.47. The lowest BCUT2D eigenvalue weighted by atomic mass is 10.2. The van der Waals surface area contributed by atoms with Gasteiger partial charge in [0.1, 0.15) is 0 Å². The van der Waals surface area contributed by atoms with E-state index in [9.17, 15) is 8.78 Å². The predicted molar refractivity (Wildman–Crippen MR) is 88.9 cm³/mol. The van der Waals surface area contributed by atoms with E-state index in [1.807, 2.05) is 0 Å². The third kappa shape index (κ3) is 6.32. The summed E-state index contributed by atoms with van der Waals surface area (Å²) < 4.78 is 34.9. The smallest absolute Gasteiger partial charge is 0.387 e. The Bertz CT molecular complexity index is 459. The minimum Gasteiger partial charge on any atom is -0.490 e. The van der Waals surface area contributed by atoms with Crippen molar-refractivity contribution in [1.82, 2.24) is 10.6 Å². The molecule has 0 bridgehead atoms. The number of guanidine groups is 1. The van der Waals surface area contributed by atoms with Crippen molar-refractivity contribution in [3.8, 4) is 11.5 Å². The maximum absolute atomic E-state index is 12.5. The Kier molecular flexibility index (Phi) is 9.76. The second kappa shape index (κ2) is 10.4. The van der Waals surface area contributed by atoms with Gasteiger partial charge in [-0.2, -0.15) is 8.78 Å². The first-order valence-electron chi connectivity index (χ1n) is 6.20. The van der Waals surface area contributed by atoms with Crippen LogP contribution < -0.4 is 20.1 Å². The molecule has 0 aliphatic rings. The van der Waals surface area contributed by atoms with Crippen molar-refractivity contribution in [2.75, 3.05) is 20.7 Å². The fraction of sp³-hybridized carbons (Fsp3) is 0.462. The van der Waals surface area contributed by atoms with E-state index in [-0.39, 0.29) is 36.3 Å². The third-order valence-electron chi connectivity index (χ3n) is 2.47. The highest BCUT2D eigenvalue weighted by Gasteiger charge is 2.15. The molecule has 0 unspecified atom stereocenters. The number of hydrogen-bond donors (Lipinski definition) is 2. The molecule has 120 valence electrons. The summed E-state index contributed by atoms with van der Waals surface area (Å²) in [6.07, 6.45) is 0. The van der Waals surface area contributed by atoms with Gasteiger partial charge in [-0.05, 0) is 13.0 Å². The normalized spacial score (nSPS) is 10.9. The van der Waals surface area contributed by atoms with E-state index in [0.717, 1.165) is 0 Å². The van der Waals surface area contributed by atoms with E-state index in [1.54, 1.807) is 39.2 Å². The van der Waals surface area contributed by atoms with Crippen molar-refractivity contribution in [3.05, 3.63) is 23.8 Å². The van der Waals surface area contributed by atoms with Crippen LogP contribution in [-0.4, -0.2) is 33.3 Å². The van der Waals surface area contributed by atoms with E-state index in [4.69, 9.17) is 4.74 Å². The van der Waals surface area contributed by atoms with E-state index in [1.165, 1.54) is 0 Å². The summed E-state index contributed by atoms with van der Waals surface area (Å²) in [5.74, 6) is 0.893. The lowest BCUT2D eigenvalue weighted by Gasteiger charge is -2.16. The Balaban J connectivity index is 0.00000400. The van der Waals surface area contributed by atoms with Crippen LogP contribution in [0.3, 0.4) is 0 Å². The van der Waals surface area contributed by atoms with Crippen LogP contribution in [0.2, 0.25) is 0 Å². The van der Waals surface area contributed by atoms with Gasteiger partial charge in [-0.3, -0.25) is 4.99 Å².